The van der Waals surface area contributed by atoms with Crippen molar-refractivity contribution >= 4 is 5.78 Å². The van der Waals surface area contributed by atoms with Gasteiger partial charge in [0.05, 0.1) is 11.8 Å². The Labute approximate surface area is 71.2 Å². The van der Waals surface area contributed by atoms with Crippen molar-refractivity contribution in [2.24, 2.45) is 0 Å². The van der Waals surface area contributed by atoms with Gasteiger partial charge in [0.2, 0.25) is 0 Å². The van der Waals surface area contributed by atoms with E-state index >= 15 is 0 Å². The van der Waals surface area contributed by atoms with Crippen molar-refractivity contribution in [3.63, 3.8) is 0 Å². The van der Waals surface area contributed by atoms with E-state index in [0.717, 1.165) is 0 Å². The van der Waals surface area contributed by atoms with Crippen LogP contribution in [0.2, 0.25) is 0 Å². The van der Waals surface area contributed by atoms with Crippen LogP contribution in [0.4, 0.5) is 0 Å². The molecular formula is C9H10N2O. The van der Waals surface area contributed by atoms with E-state index in [1.807, 2.05) is 0 Å². The van der Waals surface area contributed by atoms with Gasteiger partial charge in [0.1, 0.15) is 0 Å². The first-order valence-electron chi connectivity index (χ1n) is 3.76. The Morgan fingerprint density at radius 3 is 3.17 bits per heavy atom. The van der Waals surface area contributed by atoms with Crippen LogP contribution in [0.15, 0.2) is 12.4 Å². The third-order valence-electron chi connectivity index (χ3n) is 1.47. The van der Waals surface area contributed by atoms with Gasteiger partial charge in [-0.1, -0.05) is 0 Å². The number of nitrogens with zero attached hydrogens (tertiary/aromatic N) is 1. The Morgan fingerprint density at radius 2 is 2.58 bits per heavy atom. The first-order valence-corrected chi connectivity index (χ1v) is 3.76. The van der Waals surface area contributed by atoms with Gasteiger partial charge in [-0.2, -0.15) is 5.10 Å². The van der Waals surface area contributed by atoms with Crippen LogP contribution in [0.1, 0.15) is 30.1 Å². The van der Waals surface area contributed by atoms with Gasteiger partial charge in [0.15, 0.2) is 5.78 Å². The van der Waals surface area contributed by atoms with Crippen molar-refractivity contribution in [1.29, 1.82) is 0 Å². The van der Waals surface area contributed by atoms with E-state index in [2.05, 4.69) is 22.0 Å². The molecule has 0 aliphatic rings. The summed E-state index contributed by atoms with van der Waals surface area (Å²) in [4.78, 5) is 11.3. The maximum Gasteiger partial charge on any atom is 0.166 e. The molecule has 62 valence electrons. The lowest BCUT2D eigenvalue weighted by atomic mass is 10.1. The van der Waals surface area contributed by atoms with Crippen LogP contribution in [0.25, 0.3) is 0 Å². The van der Waals surface area contributed by atoms with Gasteiger partial charge < -0.3 is 0 Å². The molecule has 3 nitrogen and oxygen atoms in total. The molecule has 1 heterocycles. The number of aromatic amines is 1. The minimum Gasteiger partial charge on any atom is -0.294 e. The highest BCUT2D eigenvalue weighted by atomic mass is 16.1. The van der Waals surface area contributed by atoms with Gasteiger partial charge in [-0.15, -0.1) is 11.8 Å². The molecule has 0 bridgehead atoms. The first kappa shape index (κ1) is 8.54. The van der Waals surface area contributed by atoms with Crippen molar-refractivity contribution in [3.05, 3.63) is 18.0 Å². The number of rotatable bonds is 3. The Balaban J connectivity index is 2.43. The molecule has 0 spiro atoms. The van der Waals surface area contributed by atoms with E-state index in [0.29, 0.717) is 18.4 Å². The summed E-state index contributed by atoms with van der Waals surface area (Å²) in [7, 11) is 0. The minimum absolute atomic E-state index is 0.0894. The summed E-state index contributed by atoms with van der Waals surface area (Å²) >= 11 is 0. The Hall–Kier alpha value is -1.56. The molecule has 0 aromatic carbocycles. The number of ketones is 1. The fourth-order valence-electron chi connectivity index (χ4n) is 0.849. The number of nitrogens with one attached hydrogen (secondary N) is 1. The van der Waals surface area contributed by atoms with E-state index in [4.69, 9.17) is 0 Å². The van der Waals surface area contributed by atoms with Crippen LogP contribution in [0.3, 0.4) is 0 Å². The molecule has 1 aromatic rings. The molecule has 1 rings (SSSR count). The monoisotopic (exact) mass is 162 g/mol. The van der Waals surface area contributed by atoms with Crippen molar-refractivity contribution in [1.82, 2.24) is 10.2 Å². The average Bonchev–Trinajstić information content (AvgIpc) is 2.56. The standard InChI is InChI=1S/C9H10N2O/c1-2-3-4-5-9(12)8-6-10-11-7-8/h6-7H,4-5H2,1H3,(H,10,11). The molecule has 0 atom stereocenters. The van der Waals surface area contributed by atoms with E-state index in [1.54, 1.807) is 13.1 Å². The third-order valence-corrected chi connectivity index (χ3v) is 1.47. The summed E-state index contributed by atoms with van der Waals surface area (Å²) in [5.74, 6) is 5.67. The van der Waals surface area contributed by atoms with Gasteiger partial charge in [0.25, 0.3) is 0 Å². The van der Waals surface area contributed by atoms with Gasteiger partial charge >= 0.3 is 0 Å². The molecule has 3 heteroatoms. The van der Waals surface area contributed by atoms with Gasteiger partial charge in [0, 0.05) is 19.0 Å². The molecule has 0 radical (unpaired) electrons. The smallest absolute Gasteiger partial charge is 0.166 e. The zero-order valence-corrected chi connectivity index (χ0v) is 6.92. The SMILES string of the molecule is CC#CCCC(=O)c1cn[nH]c1. The normalized spacial score (nSPS) is 8.75. The van der Waals surface area contributed by atoms with Crippen molar-refractivity contribution in [2.45, 2.75) is 19.8 Å². The summed E-state index contributed by atoms with van der Waals surface area (Å²) in [6.45, 7) is 1.77. The lowest BCUT2D eigenvalue weighted by Gasteiger charge is -1.90. The highest BCUT2D eigenvalue weighted by molar-refractivity contribution is 5.95. The van der Waals surface area contributed by atoms with Crippen LogP contribution in [-0.4, -0.2) is 16.0 Å². The largest absolute Gasteiger partial charge is 0.294 e. The summed E-state index contributed by atoms with van der Waals surface area (Å²) < 4.78 is 0. The molecule has 0 aliphatic heterocycles. The fraction of sp³-hybridized carbons (Fsp3) is 0.333. The number of hydrogen-bond donors (Lipinski definition) is 1. The minimum atomic E-state index is 0.0894. The quantitative estimate of drug-likeness (QED) is 0.539. The molecule has 0 saturated carbocycles. The van der Waals surface area contributed by atoms with Crippen LogP contribution in [0.5, 0.6) is 0 Å². The maximum absolute atomic E-state index is 11.3. The van der Waals surface area contributed by atoms with Crippen LogP contribution < -0.4 is 0 Å². The lowest BCUT2D eigenvalue weighted by molar-refractivity contribution is 0.0984. The van der Waals surface area contributed by atoms with Crippen LogP contribution in [0, 0.1) is 11.8 Å². The van der Waals surface area contributed by atoms with E-state index in [1.165, 1.54) is 6.20 Å². The number of aromatic nitrogens is 2. The van der Waals surface area contributed by atoms with Crippen LogP contribution >= 0.6 is 0 Å². The second-order valence-corrected chi connectivity index (χ2v) is 2.34. The highest BCUT2D eigenvalue weighted by Crippen LogP contribution is 2.01. The van der Waals surface area contributed by atoms with Crippen molar-refractivity contribution < 1.29 is 4.79 Å². The van der Waals surface area contributed by atoms with E-state index in [-0.39, 0.29) is 5.78 Å². The lowest BCUT2D eigenvalue weighted by Crippen LogP contribution is -1.95. The molecular weight excluding hydrogens is 152 g/mol. The third kappa shape index (κ3) is 2.24. The first-order chi connectivity index (χ1) is 5.84. The zero-order chi connectivity index (χ0) is 8.81. The molecule has 0 saturated heterocycles. The van der Waals surface area contributed by atoms with Crippen molar-refractivity contribution in [2.75, 3.05) is 0 Å². The average molecular weight is 162 g/mol. The Kier molecular flexibility index (Phi) is 3.09. The molecule has 0 unspecified atom stereocenters. The van der Waals surface area contributed by atoms with E-state index < -0.39 is 0 Å². The summed E-state index contributed by atoms with van der Waals surface area (Å²) in [6, 6.07) is 0. The number of H-pyrrole nitrogens is 1. The van der Waals surface area contributed by atoms with Gasteiger partial charge in [-0.05, 0) is 6.92 Å². The molecule has 1 aromatic heterocycles. The van der Waals surface area contributed by atoms with Crippen molar-refractivity contribution in [3.8, 4) is 11.8 Å². The predicted molar refractivity (Wildman–Crippen MR) is 45.6 cm³/mol. The molecule has 0 aliphatic carbocycles. The second kappa shape index (κ2) is 4.35. The van der Waals surface area contributed by atoms with Gasteiger partial charge in [-0.3, -0.25) is 9.89 Å². The van der Waals surface area contributed by atoms with Gasteiger partial charge in [-0.25, -0.2) is 0 Å². The number of carbonyl (C=O) groups is 1. The second-order valence-electron chi connectivity index (χ2n) is 2.34. The Morgan fingerprint density at radius 1 is 1.75 bits per heavy atom. The number of hydrogen-bond acceptors (Lipinski definition) is 2. The predicted octanol–water partition coefficient (Wildman–Crippen LogP) is 1.40. The zero-order valence-electron chi connectivity index (χ0n) is 6.92. The highest BCUT2D eigenvalue weighted by Gasteiger charge is 2.04. The molecule has 0 amide bonds. The molecule has 0 fully saturated rings. The van der Waals surface area contributed by atoms with Crippen LogP contribution in [-0.2, 0) is 0 Å². The number of Topliss-reactive ketones (excluding diaryl/α,β-unsaturated/α-hetero) is 1. The topological polar surface area (TPSA) is 45.8 Å². The fourth-order valence-corrected chi connectivity index (χ4v) is 0.849. The molecule has 1 N–H and O–H groups in total. The molecule has 12 heavy (non-hydrogen) atoms. The Bertz CT molecular complexity index is 303. The van der Waals surface area contributed by atoms with E-state index in [9.17, 15) is 4.79 Å². The number of carbonyl (C=O) groups excluding carboxylic acids is 1. The maximum atomic E-state index is 11.3. The summed E-state index contributed by atoms with van der Waals surface area (Å²) in [5, 5.41) is 6.28. The summed E-state index contributed by atoms with van der Waals surface area (Å²) in [5.41, 5.74) is 0.632. The summed E-state index contributed by atoms with van der Waals surface area (Å²) in [6.07, 6.45) is 4.23.